The van der Waals surface area contributed by atoms with Crippen LogP contribution in [0.15, 0.2) is 5.10 Å². The van der Waals surface area contributed by atoms with Gasteiger partial charge in [0.15, 0.2) is 0 Å². The zero-order valence-electron chi connectivity index (χ0n) is 7.17. The maximum absolute atomic E-state index is 10.6. The molecule has 0 fully saturated rings. The summed E-state index contributed by atoms with van der Waals surface area (Å²) in [5.74, 6) is 0. The molecule has 1 aliphatic heterocycles. The van der Waals surface area contributed by atoms with Crippen LogP contribution in [-0.2, 0) is 0 Å². The Hall–Kier alpha value is -1.33. The summed E-state index contributed by atoms with van der Waals surface area (Å²) < 4.78 is 0. The maximum atomic E-state index is 10.6. The second kappa shape index (κ2) is 3.38. The van der Waals surface area contributed by atoms with Gasteiger partial charge in [-0.25, -0.2) is 5.01 Å². The number of hydrazone groups is 1. The van der Waals surface area contributed by atoms with Crippen molar-refractivity contribution in [2.45, 2.75) is 20.1 Å². The minimum atomic E-state index is -0.806. The van der Waals surface area contributed by atoms with Gasteiger partial charge in [0.05, 0.1) is 4.92 Å². The molecule has 0 amide bonds. The zero-order valence-corrected chi connectivity index (χ0v) is 7.17. The van der Waals surface area contributed by atoms with E-state index in [1.165, 1.54) is 11.3 Å². The fourth-order valence-corrected chi connectivity index (χ4v) is 1.14. The highest BCUT2D eigenvalue weighted by atomic mass is 16.6. The van der Waals surface area contributed by atoms with Crippen LogP contribution in [0, 0.1) is 10.1 Å². The van der Waals surface area contributed by atoms with Crippen molar-refractivity contribution in [1.82, 2.24) is 9.91 Å². The first kappa shape index (κ1) is 8.76. The van der Waals surface area contributed by atoms with Crippen molar-refractivity contribution in [3.05, 3.63) is 10.1 Å². The summed E-state index contributed by atoms with van der Waals surface area (Å²) >= 11 is 0. The van der Waals surface area contributed by atoms with Crippen LogP contribution in [-0.4, -0.2) is 40.5 Å². The van der Waals surface area contributed by atoms with Gasteiger partial charge in [-0.15, -0.1) is 0 Å². The first-order valence-corrected chi connectivity index (χ1v) is 3.90. The lowest BCUT2D eigenvalue weighted by atomic mass is 10.6. The first-order valence-electron chi connectivity index (χ1n) is 3.90. The van der Waals surface area contributed by atoms with E-state index in [9.17, 15) is 10.1 Å². The van der Waals surface area contributed by atoms with E-state index in [1.807, 2.05) is 13.8 Å². The fraction of sp³-hybridized carbons (Fsp3) is 0.833. The monoisotopic (exact) mass is 172 g/mol. The Morgan fingerprint density at radius 1 is 1.58 bits per heavy atom. The Labute approximate surface area is 70.6 Å². The van der Waals surface area contributed by atoms with E-state index in [4.69, 9.17) is 0 Å². The Kier molecular flexibility index (Phi) is 2.47. The smallest absolute Gasteiger partial charge is 0.279 e. The van der Waals surface area contributed by atoms with Crippen molar-refractivity contribution in [2.24, 2.45) is 5.10 Å². The number of hydrogen-bond donors (Lipinski definition) is 0. The van der Waals surface area contributed by atoms with Crippen LogP contribution < -0.4 is 0 Å². The van der Waals surface area contributed by atoms with E-state index in [1.54, 1.807) is 4.90 Å². The van der Waals surface area contributed by atoms with Crippen molar-refractivity contribution in [2.75, 3.05) is 13.1 Å². The summed E-state index contributed by atoms with van der Waals surface area (Å²) in [7, 11) is 0. The lowest BCUT2D eigenvalue weighted by Gasteiger charge is -2.20. The third kappa shape index (κ3) is 1.32. The largest absolute Gasteiger partial charge is 0.383 e. The molecule has 1 atom stereocenters. The molecular formula is C6H12N4O2. The van der Waals surface area contributed by atoms with E-state index in [2.05, 4.69) is 5.10 Å². The second-order valence-corrected chi connectivity index (χ2v) is 2.45. The molecule has 0 aromatic heterocycles. The molecule has 6 nitrogen and oxygen atoms in total. The van der Waals surface area contributed by atoms with Crippen LogP contribution in [0.5, 0.6) is 0 Å². The summed E-state index contributed by atoms with van der Waals surface area (Å²) in [5, 5.41) is 15.9. The topological polar surface area (TPSA) is 62.0 Å². The van der Waals surface area contributed by atoms with Gasteiger partial charge in [0.25, 0.3) is 0 Å². The predicted octanol–water partition coefficient (Wildman–Crippen LogP) is 0.147. The van der Waals surface area contributed by atoms with Gasteiger partial charge in [0, 0.05) is 13.1 Å². The molecule has 1 heterocycles. The van der Waals surface area contributed by atoms with Crippen LogP contribution in [0.25, 0.3) is 0 Å². The molecule has 0 saturated carbocycles. The number of nitro groups is 1. The van der Waals surface area contributed by atoms with Crippen LogP contribution in [0.2, 0.25) is 0 Å². The normalized spacial score (nSPS) is 22.0. The molecule has 12 heavy (non-hydrogen) atoms. The quantitative estimate of drug-likeness (QED) is 0.449. The standard InChI is InChI=1S/C6H12N4O2/c1-3-8-5-7-9(4-2)6(8)10(11)12/h5-6H,3-4H2,1-2H3. The minimum absolute atomic E-state index is 0.333. The first-order chi connectivity index (χ1) is 5.70. The number of rotatable bonds is 3. The van der Waals surface area contributed by atoms with Crippen molar-refractivity contribution < 1.29 is 4.92 Å². The lowest BCUT2D eigenvalue weighted by molar-refractivity contribution is -0.570. The van der Waals surface area contributed by atoms with E-state index < -0.39 is 6.29 Å². The summed E-state index contributed by atoms with van der Waals surface area (Å²) in [4.78, 5) is 11.8. The summed E-state index contributed by atoms with van der Waals surface area (Å²) in [5.41, 5.74) is 0. The third-order valence-electron chi connectivity index (χ3n) is 1.79. The average molecular weight is 172 g/mol. The molecule has 68 valence electrons. The number of nitrogens with zero attached hydrogens (tertiary/aromatic N) is 4. The summed E-state index contributed by atoms with van der Waals surface area (Å²) in [6.45, 7) is 4.86. The van der Waals surface area contributed by atoms with Crippen LogP contribution >= 0.6 is 0 Å². The second-order valence-electron chi connectivity index (χ2n) is 2.45. The fourth-order valence-electron chi connectivity index (χ4n) is 1.14. The highest BCUT2D eigenvalue weighted by Gasteiger charge is 2.35. The molecule has 1 unspecified atom stereocenters. The molecule has 1 aliphatic rings. The molecule has 1 rings (SSSR count). The van der Waals surface area contributed by atoms with E-state index in [0.29, 0.717) is 13.1 Å². The van der Waals surface area contributed by atoms with Crippen LogP contribution in [0.1, 0.15) is 13.8 Å². The van der Waals surface area contributed by atoms with Crippen molar-refractivity contribution >= 4 is 6.34 Å². The van der Waals surface area contributed by atoms with Gasteiger partial charge in [-0.1, -0.05) is 0 Å². The Bertz CT molecular complexity index is 192. The molecule has 6 heteroatoms. The van der Waals surface area contributed by atoms with Gasteiger partial charge in [-0.3, -0.25) is 15.0 Å². The Morgan fingerprint density at radius 3 is 2.67 bits per heavy atom. The van der Waals surface area contributed by atoms with Gasteiger partial charge in [-0.2, -0.15) is 5.10 Å². The predicted molar refractivity (Wildman–Crippen MR) is 44.0 cm³/mol. The molecule has 0 aromatic rings. The Morgan fingerprint density at radius 2 is 2.25 bits per heavy atom. The molecule has 0 saturated heterocycles. The highest BCUT2D eigenvalue weighted by molar-refractivity contribution is 5.56. The van der Waals surface area contributed by atoms with Gasteiger partial charge in [0.2, 0.25) is 0 Å². The summed E-state index contributed by atoms with van der Waals surface area (Å²) in [6.07, 6.45) is 0.705. The zero-order chi connectivity index (χ0) is 9.14. The third-order valence-corrected chi connectivity index (χ3v) is 1.79. The molecule has 0 spiro atoms. The van der Waals surface area contributed by atoms with E-state index in [0.717, 1.165) is 0 Å². The molecular weight excluding hydrogens is 160 g/mol. The van der Waals surface area contributed by atoms with Crippen LogP contribution in [0.3, 0.4) is 0 Å². The molecule has 0 N–H and O–H groups in total. The molecule has 0 bridgehead atoms. The highest BCUT2D eigenvalue weighted by Crippen LogP contribution is 2.11. The lowest BCUT2D eigenvalue weighted by Crippen LogP contribution is -2.45. The van der Waals surface area contributed by atoms with E-state index >= 15 is 0 Å². The van der Waals surface area contributed by atoms with Crippen molar-refractivity contribution in [1.29, 1.82) is 0 Å². The van der Waals surface area contributed by atoms with Gasteiger partial charge >= 0.3 is 6.29 Å². The van der Waals surface area contributed by atoms with Gasteiger partial charge < -0.3 is 0 Å². The number of hydrogen-bond acceptors (Lipinski definition) is 5. The Balaban J connectivity index is 2.71. The molecule has 0 aliphatic carbocycles. The maximum Gasteiger partial charge on any atom is 0.383 e. The van der Waals surface area contributed by atoms with E-state index in [-0.39, 0.29) is 4.92 Å². The van der Waals surface area contributed by atoms with Crippen molar-refractivity contribution in [3.8, 4) is 0 Å². The SMILES string of the molecule is CCN1C=NN(CC)C1[N+](=O)[O-]. The van der Waals surface area contributed by atoms with Crippen molar-refractivity contribution in [3.63, 3.8) is 0 Å². The van der Waals surface area contributed by atoms with Gasteiger partial charge in [0.1, 0.15) is 6.34 Å². The molecule has 0 radical (unpaired) electrons. The minimum Gasteiger partial charge on any atom is -0.279 e. The van der Waals surface area contributed by atoms with Gasteiger partial charge in [-0.05, 0) is 13.8 Å². The average Bonchev–Trinajstić information content (AvgIpc) is 2.46. The summed E-state index contributed by atoms with van der Waals surface area (Å²) in [6, 6.07) is 0. The van der Waals surface area contributed by atoms with Crippen LogP contribution in [0.4, 0.5) is 0 Å². The molecule has 0 aromatic carbocycles.